The fourth-order valence-corrected chi connectivity index (χ4v) is 3.22. The molecule has 0 aromatic rings. The number of hydrogen-bond donors (Lipinski definition) is 0. The molecule has 0 atom stereocenters. The summed E-state index contributed by atoms with van der Waals surface area (Å²) in [5.74, 6) is -0.300. The minimum absolute atomic E-state index is 0.245. The molecule has 0 rings (SSSR count). The van der Waals surface area contributed by atoms with Crippen LogP contribution in [0.2, 0.25) is 6.04 Å². The Hall–Kier alpha value is 0.00688. The molecule has 6 nitrogen and oxygen atoms in total. The molecule has 0 aliphatic rings. The maximum Gasteiger partial charge on any atom is 0.500 e. The van der Waals surface area contributed by atoms with Crippen molar-refractivity contribution in [2.45, 2.75) is 30.6 Å². The van der Waals surface area contributed by atoms with Gasteiger partial charge in [0.25, 0.3) is 0 Å². The molecule has 0 aromatic heterocycles. The summed E-state index contributed by atoms with van der Waals surface area (Å²) in [6.45, 7) is 4.63. The van der Waals surface area contributed by atoms with Gasteiger partial charge in [-0.1, -0.05) is 15.9 Å². The van der Waals surface area contributed by atoms with Gasteiger partial charge in [0.2, 0.25) is 0 Å². The third-order valence-corrected chi connectivity index (χ3v) is 5.81. The number of alkyl halides is 1. The molecule has 0 saturated heterocycles. The van der Waals surface area contributed by atoms with Crippen LogP contribution in [-0.2, 0) is 27.5 Å². The molecule has 0 amide bonds. The molecule has 8 heteroatoms. The second-order valence-electron chi connectivity index (χ2n) is 4.62. The second-order valence-corrected chi connectivity index (χ2v) is 9.69. The van der Waals surface area contributed by atoms with Gasteiger partial charge >= 0.3 is 14.8 Å². The third kappa shape index (κ3) is 7.70. The van der Waals surface area contributed by atoms with Crippen LogP contribution in [0.3, 0.4) is 0 Å². The molecule has 0 unspecified atom stereocenters. The van der Waals surface area contributed by atoms with Crippen molar-refractivity contribution in [2.75, 3.05) is 41.2 Å². The zero-order valence-corrected chi connectivity index (χ0v) is 15.4. The van der Waals surface area contributed by atoms with Crippen molar-refractivity contribution >= 4 is 30.7 Å². The van der Waals surface area contributed by atoms with Crippen LogP contribution in [0.4, 0.5) is 0 Å². The van der Waals surface area contributed by atoms with Crippen molar-refractivity contribution in [1.29, 1.82) is 0 Å². The van der Waals surface area contributed by atoms with E-state index in [4.69, 9.17) is 22.8 Å². The maximum atomic E-state index is 11.4. The standard InChI is InChI=1S/C12H25BrO6Si/c1-12(2,13)11(14)19-9-8-18-7-6-10-20(15-3,16-4)17-5/h6-10H2,1-5H3. The van der Waals surface area contributed by atoms with E-state index >= 15 is 0 Å². The van der Waals surface area contributed by atoms with Crippen LogP contribution in [0.25, 0.3) is 0 Å². The average molecular weight is 373 g/mol. The highest BCUT2D eigenvalue weighted by Crippen LogP contribution is 2.17. The van der Waals surface area contributed by atoms with Crippen molar-refractivity contribution in [1.82, 2.24) is 0 Å². The highest BCUT2D eigenvalue weighted by molar-refractivity contribution is 9.10. The summed E-state index contributed by atoms with van der Waals surface area (Å²) in [6.07, 6.45) is 0.764. The predicted molar refractivity (Wildman–Crippen MR) is 81.0 cm³/mol. The Morgan fingerprint density at radius 3 is 2.05 bits per heavy atom. The van der Waals surface area contributed by atoms with Gasteiger partial charge in [0.05, 0.1) is 6.61 Å². The molecule has 120 valence electrons. The van der Waals surface area contributed by atoms with Crippen LogP contribution in [0.15, 0.2) is 0 Å². The first-order valence-electron chi connectivity index (χ1n) is 6.40. The zero-order valence-electron chi connectivity index (χ0n) is 12.9. The molecule has 0 aliphatic carbocycles. The molecule has 0 aliphatic heterocycles. The van der Waals surface area contributed by atoms with Crippen LogP contribution in [-0.4, -0.2) is 60.2 Å². The average Bonchev–Trinajstić information content (AvgIpc) is 2.41. The van der Waals surface area contributed by atoms with Crippen LogP contribution in [0.5, 0.6) is 0 Å². The van der Waals surface area contributed by atoms with Gasteiger partial charge in [0, 0.05) is 34.0 Å². The number of carbonyl (C=O) groups excluding carboxylic acids is 1. The highest BCUT2D eigenvalue weighted by Gasteiger charge is 2.36. The number of rotatable bonds is 11. The first-order valence-corrected chi connectivity index (χ1v) is 9.13. The smallest absolute Gasteiger partial charge is 0.462 e. The quantitative estimate of drug-likeness (QED) is 0.239. The van der Waals surface area contributed by atoms with Gasteiger partial charge in [-0.3, -0.25) is 4.79 Å². The van der Waals surface area contributed by atoms with E-state index in [0.29, 0.717) is 19.3 Å². The number of carbonyl (C=O) groups is 1. The molecule has 0 saturated carbocycles. The Labute approximate surface area is 130 Å². The van der Waals surface area contributed by atoms with E-state index in [0.717, 1.165) is 6.42 Å². The molecule has 0 N–H and O–H groups in total. The first kappa shape index (κ1) is 20.0. The van der Waals surface area contributed by atoms with Crippen molar-refractivity contribution in [3.63, 3.8) is 0 Å². The van der Waals surface area contributed by atoms with Gasteiger partial charge in [0.15, 0.2) is 0 Å². The Balaban J connectivity index is 3.66. The minimum atomic E-state index is -2.50. The lowest BCUT2D eigenvalue weighted by Gasteiger charge is -2.24. The van der Waals surface area contributed by atoms with Crippen LogP contribution >= 0.6 is 15.9 Å². The highest BCUT2D eigenvalue weighted by atomic mass is 79.9. The summed E-state index contributed by atoms with van der Waals surface area (Å²) < 4.78 is 25.7. The van der Waals surface area contributed by atoms with Gasteiger partial charge in [-0.15, -0.1) is 0 Å². The van der Waals surface area contributed by atoms with Gasteiger partial charge in [-0.2, -0.15) is 0 Å². The van der Waals surface area contributed by atoms with E-state index in [1.807, 2.05) is 0 Å². The summed E-state index contributed by atoms with van der Waals surface area (Å²) in [6, 6.07) is 0.685. The molecule has 20 heavy (non-hydrogen) atoms. The van der Waals surface area contributed by atoms with Crippen LogP contribution in [0, 0.1) is 0 Å². The maximum absolute atomic E-state index is 11.4. The van der Waals surface area contributed by atoms with Gasteiger partial charge in [0.1, 0.15) is 10.9 Å². The van der Waals surface area contributed by atoms with Crippen molar-refractivity contribution in [3.8, 4) is 0 Å². The van der Waals surface area contributed by atoms with Gasteiger partial charge in [-0.05, 0) is 20.3 Å². The lowest BCUT2D eigenvalue weighted by molar-refractivity contribution is -0.146. The lowest BCUT2D eigenvalue weighted by atomic mass is 10.2. The van der Waals surface area contributed by atoms with Crippen LogP contribution in [0.1, 0.15) is 20.3 Å². The van der Waals surface area contributed by atoms with Gasteiger partial charge in [-0.25, -0.2) is 0 Å². The third-order valence-electron chi connectivity index (χ3n) is 2.65. The molecular weight excluding hydrogens is 348 g/mol. The Morgan fingerprint density at radius 1 is 1.05 bits per heavy atom. The van der Waals surface area contributed by atoms with E-state index in [9.17, 15) is 4.79 Å². The Kier molecular flexibility index (Phi) is 9.86. The lowest BCUT2D eigenvalue weighted by Crippen LogP contribution is -2.42. The molecule has 0 fully saturated rings. The number of halogens is 1. The van der Waals surface area contributed by atoms with E-state index < -0.39 is 13.1 Å². The summed E-state index contributed by atoms with van der Waals surface area (Å²) in [5, 5.41) is 0. The van der Waals surface area contributed by atoms with Gasteiger partial charge < -0.3 is 22.8 Å². The SMILES string of the molecule is CO[Si](CCCOCCOC(=O)C(C)(C)Br)(OC)OC. The molecule has 0 spiro atoms. The van der Waals surface area contributed by atoms with Crippen molar-refractivity contribution < 1.29 is 27.5 Å². The summed E-state index contributed by atoms with van der Waals surface area (Å²) in [5.41, 5.74) is 0. The molecular formula is C12H25BrO6Si. The molecule has 0 heterocycles. The summed E-state index contributed by atoms with van der Waals surface area (Å²) in [7, 11) is 2.25. The van der Waals surface area contributed by atoms with E-state index in [1.165, 1.54) is 0 Å². The Bertz CT molecular complexity index is 269. The largest absolute Gasteiger partial charge is 0.500 e. The Morgan fingerprint density at radius 2 is 1.60 bits per heavy atom. The van der Waals surface area contributed by atoms with Crippen LogP contribution < -0.4 is 0 Å². The normalized spacial score (nSPS) is 12.5. The first-order chi connectivity index (χ1) is 9.31. The number of ether oxygens (including phenoxy) is 2. The van der Waals surface area contributed by atoms with E-state index in [-0.39, 0.29) is 12.6 Å². The fraction of sp³-hybridized carbons (Fsp3) is 0.917. The minimum Gasteiger partial charge on any atom is -0.462 e. The molecule has 0 aromatic carbocycles. The predicted octanol–water partition coefficient (Wildman–Crippen LogP) is 1.99. The number of hydrogen-bond acceptors (Lipinski definition) is 6. The number of esters is 1. The second kappa shape index (κ2) is 9.86. The topological polar surface area (TPSA) is 63.2 Å². The fourth-order valence-electron chi connectivity index (χ4n) is 1.41. The van der Waals surface area contributed by atoms with Crippen molar-refractivity contribution in [2.24, 2.45) is 0 Å². The summed E-state index contributed by atoms with van der Waals surface area (Å²) in [4.78, 5) is 11.4. The van der Waals surface area contributed by atoms with E-state index in [1.54, 1.807) is 35.2 Å². The molecule has 0 radical (unpaired) electrons. The monoisotopic (exact) mass is 372 g/mol. The van der Waals surface area contributed by atoms with E-state index in [2.05, 4.69) is 15.9 Å². The summed E-state index contributed by atoms with van der Waals surface area (Å²) >= 11 is 3.23. The zero-order chi connectivity index (χ0) is 15.6. The molecule has 0 bridgehead atoms. The van der Waals surface area contributed by atoms with Crippen molar-refractivity contribution in [3.05, 3.63) is 0 Å².